The van der Waals surface area contributed by atoms with Gasteiger partial charge in [0.2, 0.25) is 5.91 Å². The van der Waals surface area contributed by atoms with E-state index in [0.717, 1.165) is 30.2 Å². The first-order valence-electron chi connectivity index (χ1n) is 8.62. The Bertz CT molecular complexity index is 570. The van der Waals surface area contributed by atoms with E-state index in [4.69, 9.17) is 14.2 Å². The van der Waals surface area contributed by atoms with E-state index in [1.54, 1.807) is 0 Å². The SMILES string of the molecule is CC(C)[C@H](NC(=O)CN1CCOCC1)c1ccc2c(c1)OCCO2. The molecule has 6 heteroatoms. The molecule has 132 valence electrons. The quantitative estimate of drug-likeness (QED) is 0.886. The first-order valence-corrected chi connectivity index (χ1v) is 8.62. The molecule has 2 aliphatic heterocycles. The topological polar surface area (TPSA) is 60.0 Å². The largest absolute Gasteiger partial charge is 0.486 e. The Morgan fingerprint density at radius 1 is 1.12 bits per heavy atom. The lowest BCUT2D eigenvalue weighted by Gasteiger charge is -2.29. The van der Waals surface area contributed by atoms with Gasteiger partial charge in [0.1, 0.15) is 13.2 Å². The molecule has 0 bridgehead atoms. The van der Waals surface area contributed by atoms with E-state index in [1.165, 1.54) is 0 Å². The normalized spacial score (nSPS) is 19.1. The van der Waals surface area contributed by atoms with Crippen LogP contribution in [0.15, 0.2) is 18.2 Å². The van der Waals surface area contributed by atoms with E-state index in [2.05, 4.69) is 24.1 Å². The van der Waals surface area contributed by atoms with Crippen LogP contribution in [0.3, 0.4) is 0 Å². The molecule has 0 unspecified atom stereocenters. The van der Waals surface area contributed by atoms with Gasteiger partial charge in [-0.2, -0.15) is 0 Å². The second-order valence-electron chi connectivity index (χ2n) is 6.58. The molecule has 24 heavy (non-hydrogen) atoms. The summed E-state index contributed by atoms with van der Waals surface area (Å²) in [4.78, 5) is 14.6. The zero-order valence-corrected chi connectivity index (χ0v) is 14.4. The first-order chi connectivity index (χ1) is 11.6. The Morgan fingerprint density at radius 2 is 1.83 bits per heavy atom. The van der Waals surface area contributed by atoms with E-state index >= 15 is 0 Å². The van der Waals surface area contributed by atoms with E-state index < -0.39 is 0 Å². The van der Waals surface area contributed by atoms with E-state index in [9.17, 15) is 4.79 Å². The maximum absolute atomic E-state index is 12.4. The third-order valence-corrected chi connectivity index (χ3v) is 4.38. The highest BCUT2D eigenvalue weighted by molar-refractivity contribution is 5.78. The number of morpholine rings is 1. The molecule has 2 heterocycles. The van der Waals surface area contributed by atoms with Gasteiger partial charge in [-0.05, 0) is 23.6 Å². The lowest BCUT2D eigenvalue weighted by atomic mass is 9.95. The second kappa shape index (κ2) is 7.85. The molecule has 0 aliphatic carbocycles. The number of nitrogens with zero attached hydrogens (tertiary/aromatic N) is 1. The highest BCUT2D eigenvalue weighted by atomic mass is 16.6. The summed E-state index contributed by atoms with van der Waals surface area (Å²) in [6.45, 7) is 8.78. The van der Waals surface area contributed by atoms with Crippen molar-refractivity contribution in [2.24, 2.45) is 5.92 Å². The molecule has 0 saturated carbocycles. The van der Waals surface area contributed by atoms with Gasteiger partial charge in [-0.25, -0.2) is 0 Å². The molecule has 6 nitrogen and oxygen atoms in total. The molecule has 2 aliphatic rings. The number of fused-ring (bicyclic) bond motifs is 1. The number of carbonyl (C=O) groups excluding carboxylic acids is 1. The van der Waals surface area contributed by atoms with Crippen molar-refractivity contribution in [1.82, 2.24) is 10.2 Å². The molecule has 1 N–H and O–H groups in total. The van der Waals surface area contributed by atoms with E-state index in [1.807, 2.05) is 18.2 Å². The Balaban J connectivity index is 1.66. The fraction of sp³-hybridized carbons (Fsp3) is 0.611. The number of carbonyl (C=O) groups is 1. The van der Waals surface area contributed by atoms with Gasteiger partial charge in [-0.3, -0.25) is 9.69 Å². The minimum Gasteiger partial charge on any atom is -0.486 e. The van der Waals surface area contributed by atoms with Gasteiger partial charge in [0, 0.05) is 13.1 Å². The average Bonchev–Trinajstić information content (AvgIpc) is 2.60. The lowest BCUT2D eigenvalue weighted by molar-refractivity contribution is -0.124. The van der Waals surface area contributed by atoms with Gasteiger partial charge >= 0.3 is 0 Å². The van der Waals surface area contributed by atoms with E-state index in [0.29, 0.717) is 33.0 Å². The Morgan fingerprint density at radius 3 is 2.54 bits per heavy atom. The number of hydrogen-bond donors (Lipinski definition) is 1. The molecule has 1 aromatic rings. The number of ether oxygens (including phenoxy) is 3. The maximum Gasteiger partial charge on any atom is 0.234 e. The molecule has 0 spiro atoms. The smallest absolute Gasteiger partial charge is 0.234 e. The molecule has 1 amide bonds. The highest BCUT2D eigenvalue weighted by Gasteiger charge is 2.22. The van der Waals surface area contributed by atoms with Crippen LogP contribution in [-0.2, 0) is 9.53 Å². The number of amides is 1. The predicted molar refractivity (Wildman–Crippen MR) is 90.4 cm³/mol. The first kappa shape index (κ1) is 17.0. The van der Waals surface area contributed by atoms with Crippen LogP contribution in [0.25, 0.3) is 0 Å². The number of hydrogen-bond acceptors (Lipinski definition) is 5. The lowest BCUT2D eigenvalue weighted by Crippen LogP contribution is -2.44. The van der Waals surface area contributed by atoms with Crippen molar-refractivity contribution in [3.05, 3.63) is 23.8 Å². The van der Waals surface area contributed by atoms with Crippen LogP contribution in [0.4, 0.5) is 0 Å². The van der Waals surface area contributed by atoms with Gasteiger partial charge in [-0.1, -0.05) is 19.9 Å². The van der Waals surface area contributed by atoms with Crippen LogP contribution in [-0.4, -0.2) is 56.9 Å². The summed E-state index contributed by atoms with van der Waals surface area (Å²) >= 11 is 0. The predicted octanol–water partition coefficient (Wildman–Crippen LogP) is 1.60. The molecule has 1 aromatic carbocycles. The Kier molecular flexibility index (Phi) is 5.58. The van der Waals surface area contributed by atoms with Crippen molar-refractivity contribution in [1.29, 1.82) is 0 Å². The van der Waals surface area contributed by atoms with Crippen LogP contribution in [0, 0.1) is 5.92 Å². The van der Waals surface area contributed by atoms with Gasteiger partial charge < -0.3 is 19.5 Å². The third kappa shape index (κ3) is 4.19. The van der Waals surface area contributed by atoms with Gasteiger partial charge in [0.25, 0.3) is 0 Å². The zero-order chi connectivity index (χ0) is 16.9. The fourth-order valence-corrected chi connectivity index (χ4v) is 3.07. The molecular weight excluding hydrogens is 308 g/mol. The van der Waals surface area contributed by atoms with Crippen molar-refractivity contribution in [2.45, 2.75) is 19.9 Å². The summed E-state index contributed by atoms with van der Waals surface area (Å²) in [6, 6.07) is 5.86. The summed E-state index contributed by atoms with van der Waals surface area (Å²) < 4.78 is 16.6. The summed E-state index contributed by atoms with van der Waals surface area (Å²) in [5, 5.41) is 3.17. The molecule has 3 rings (SSSR count). The Labute approximate surface area is 143 Å². The van der Waals surface area contributed by atoms with Crippen LogP contribution < -0.4 is 14.8 Å². The number of rotatable bonds is 5. The molecule has 1 fully saturated rings. The summed E-state index contributed by atoms with van der Waals surface area (Å²) in [6.07, 6.45) is 0. The van der Waals surface area contributed by atoms with Crippen molar-refractivity contribution in [2.75, 3.05) is 46.1 Å². The second-order valence-corrected chi connectivity index (χ2v) is 6.58. The summed E-state index contributed by atoms with van der Waals surface area (Å²) in [5.74, 6) is 1.85. The number of benzene rings is 1. The highest BCUT2D eigenvalue weighted by Crippen LogP contribution is 2.34. The standard InChI is InChI=1S/C18H26N2O4/c1-13(2)18(19-17(21)12-20-5-7-22-8-6-20)14-3-4-15-16(11-14)24-10-9-23-15/h3-4,11,13,18H,5-10,12H2,1-2H3,(H,19,21)/t18-/m0/s1. The van der Waals surface area contributed by atoms with Crippen molar-refractivity contribution < 1.29 is 19.0 Å². The van der Waals surface area contributed by atoms with Crippen molar-refractivity contribution in [3.63, 3.8) is 0 Å². The van der Waals surface area contributed by atoms with Crippen LogP contribution in [0.2, 0.25) is 0 Å². The minimum atomic E-state index is -0.0469. The Hall–Kier alpha value is -1.79. The molecule has 0 aromatic heterocycles. The van der Waals surface area contributed by atoms with Gasteiger partial charge in [0.15, 0.2) is 11.5 Å². The molecule has 1 saturated heterocycles. The molecule has 1 atom stereocenters. The number of nitrogens with one attached hydrogen (secondary N) is 1. The minimum absolute atomic E-state index is 0.0467. The van der Waals surface area contributed by atoms with Crippen LogP contribution in [0.1, 0.15) is 25.5 Å². The van der Waals surface area contributed by atoms with Crippen molar-refractivity contribution >= 4 is 5.91 Å². The van der Waals surface area contributed by atoms with Gasteiger partial charge in [0.05, 0.1) is 25.8 Å². The van der Waals surface area contributed by atoms with Gasteiger partial charge in [-0.15, -0.1) is 0 Å². The van der Waals surface area contributed by atoms with Crippen LogP contribution >= 0.6 is 0 Å². The zero-order valence-electron chi connectivity index (χ0n) is 14.4. The fourth-order valence-electron chi connectivity index (χ4n) is 3.07. The summed E-state index contributed by atoms with van der Waals surface area (Å²) in [5.41, 5.74) is 1.05. The van der Waals surface area contributed by atoms with Crippen LogP contribution in [0.5, 0.6) is 11.5 Å². The average molecular weight is 334 g/mol. The monoisotopic (exact) mass is 334 g/mol. The summed E-state index contributed by atoms with van der Waals surface area (Å²) in [7, 11) is 0. The molecular formula is C18H26N2O4. The maximum atomic E-state index is 12.4. The molecule has 0 radical (unpaired) electrons. The van der Waals surface area contributed by atoms with E-state index in [-0.39, 0.29) is 17.9 Å². The third-order valence-electron chi connectivity index (χ3n) is 4.38. The van der Waals surface area contributed by atoms with Crippen molar-refractivity contribution in [3.8, 4) is 11.5 Å².